The second-order valence-corrected chi connectivity index (χ2v) is 6.02. The molecule has 124 valence electrons. The van der Waals surface area contributed by atoms with Crippen LogP contribution in [0.15, 0.2) is 36.5 Å². The average Bonchev–Trinajstić information content (AvgIpc) is 3.40. The number of aryl methyl sites for hydroxylation is 1. The molecule has 6 heteroatoms. The van der Waals surface area contributed by atoms with Gasteiger partial charge in [0.15, 0.2) is 5.82 Å². The SMILES string of the molecule is Cc1nc(-c2ccccc2)ncc1C(=O)N(C1CC1)C(C)C(=O)O. The lowest BCUT2D eigenvalue weighted by Gasteiger charge is -2.26. The minimum absolute atomic E-state index is 0.00296. The van der Waals surface area contributed by atoms with Gasteiger partial charge in [-0.3, -0.25) is 4.79 Å². The summed E-state index contributed by atoms with van der Waals surface area (Å²) >= 11 is 0. The van der Waals surface area contributed by atoms with E-state index in [4.69, 9.17) is 0 Å². The number of amides is 1. The van der Waals surface area contributed by atoms with Crippen molar-refractivity contribution < 1.29 is 14.7 Å². The summed E-state index contributed by atoms with van der Waals surface area (Å²) < 4.78 is 0. The average molecular weight is 325 g/mol. The predicted molar refractivity (Wildman–Crippen MR) is 88.5 cm³/mol. The minimum atomic E-state index is -1.00. The fraction of sp³-hybridized carbons (Fsp3) is 0.333. The summed E-state index contributed by atoms with van der Waals surface area (Å²) in [6.45, 7) is 3.28. The first-order valence-electron chi connectivity index (χ1n) is 7.93. The molecule has 0 bridgehead atoms. The molecule has 6 nitrogen and oxygen atoms in total. The van der Waals surface area contributed by atoms with Crippen molar-refractivity contribution in [3.63, 3.8) is 0 Å². The third kappa shape index (κ3) is 3.13. The van der Waals surface area contributed by atoms with Gasteiger partial charge in [-0.05, 0) is 26.7 Å². The number of carboxylic acids is 1. The van der Waals surface area contributed by atoms with Crippen LogP contribution in [0.2, 0.25) is 0 Å². The molecule has 3 rings (SSSR count). The maximum absolute atomic E-state index is 12.8. The molecule has 1 saturated carbocycles. The Morgan fingerprint density at radius 2 is 1.92 bits per heavy atom. The highest BCUT2D eigenvalue weighted by atomic mass is 16.4. The first-order chi connectivity index (χ1) is 11.5. The number of rotatable bonds is 5. The van der Waals surface area contributed by atoms with Gasteiger partial charge in [0.05, 0.1) is 11.3 Å². The number of carbonyl (C=O) groups is 2. The van der Waals surface area contributed by atoms with Crippen LogP contribution in [0.25, 0.3) is 11.4 Å². The molecule has 0 saturated heterocycles. The van der Waals surface area contributed by atoms with Crippen molar-refractivity contribution in [1.29, 1.82) is 0 Å². The molecule has 1 aliphatic carbocycles. The van der Waals surface area contributed by atoms with Crippen LogP contribution < -0.4 is 0 Å². The van der Waals surface area contributed by atoms with E-state index in [-0.39, 0.29) is 11.9 Å². The first kappa shape index (κ1) is 16.1. The van der Waals surface area contributed by atoms with Crippen molar-refractivity contribution in [2.24, 2.45) is 0 Å². The van der Waals surface area contributed by atoms with Crippen LogP contribution in [0.4, 0.5) is 0 Å². The summed E-state index contributed by atoms with van der Waals surface area (Å²) in [6.07, 6.45) is 3.17. The van der Waals surface area contributed by atoms with Gasteiger partial charge in [0.2, 0.25) is 0 Å². The van der Waals surface area contributed by atoms with Crippen LogP contribution in [0.3, 0.4) is 0 Å². The molecule has 1 unspecified atom stereocenters. The molecule has 0 aliphatic heterocycles. The number of hydrogen-bond acceptors (Lipinski definition) is 4. The molecule has 0 radical (unpaired) electrons. The van der Waals surface area contributed by atoms with E-state index in [1.54, 1.807) is 6.92 Å². The van der Waals surface area contributed by atoms with E-state index in [2.05, 4.69) is 9.97 Å². The Hall–Kier alpha value is -2.76. The number of nitrogens with zero attached hydrogens (tertiary/aromatic N) is 3. The number of carbonyl (C=O) groups excluding carboxylic acids is 1. The smallest absolute Gasteiger partial charge is 0.326 e. The lowest BCUT2D eigenvalue weighted by atomic mass is 10.1. The van der Waals surface area contributed by atoms with Gasteiger partial charge in [0.1, 0.15) is 6.04 Å². The van der Waals surface area contributed by atoms with Crippen molar-refractivity contribution in [2.75, 3.05) is 0 Å². The molecule has 0 spiro atoms. The largest absolute Gasteiger partial charge is 0.480 e. The van der Waals surface area contributed by atoms with Crippen LogP contribution in [0.1, 0.15) is 35.8 Å². The zero-order valence-corrected chi connectivity index (χ0v) is 13.6. The third-order valence-corrected chi connectivity index (χ3v) is 4.19. The summed E-state index contributed by atoms with van der Waals surface area (Å²) in [4.78, 5) is 34.3. The second kappa shape index (κ2) is 6.39. The van der Waals surface area contributed by atoms with Gasteiger partial charge in [-0.15, -0.1) is 0 Å². The Kier molecular flexibility index (Phi) is 4.29. The van der Waals surface area contributed by atoms with E-state index in [9.17, 15) is 14.7 Å². The third-order valence-electron chi connectivity index (χ3n) is 4.19. The van der Waals surface area contributed by atoms with Crippen LogP contribution in [0.5, 0.6) is 0 Å². The summed E-state index contributed by atoms with van der Waals surface area (Å²) in [7, 11) is 0. The Morgan fingerprint density at radius 3 is 2.46 bits per heavy atom. The standard InChI is InChI=1S/C18H19N3O3/c1-11-15(10-19-16(20-11)13-6-4-3-5-7-13)17(22)21(14-8-9-14)12(2)18(23)24/h3-7,10,12,14H,8-9H2,1-2H3,(H,23,24). The summed E-state index contributed by atoms with van der Waals surface area (Å²) in [5.41, 5.74) is 1.78. The predicted octanol–water partition coefficient (Wildman–Crippen LogP) is 2.53. The highest BCUT2D eigenvalue weighted by molar-refractivity contribution is 5.97. The Bertz CT molecular complexity index is 772. The molecule has 1 amide bonds. The van der Waals surface area contributed by atoms with E-state index < -0.39 is 12.0 Å². The normalized spacial score (nSPS) is 14.9. The molecular formula is C18H19N3O3. The fourth-order valence-corrected chi connectivity index (χ4v) is 2.67. The van der Waals surface area contributed by atoms with Crippen molar-refractivity contribution in [3.05, 3.63) is 47.8 Å². The summed E-state index contributed by atoms with van der Waals surface area (Å²) in [5.74, 6) is -0.770. The first-order valence-corrected chi connectivity index (χ1v) is 7.93. The molecule has 1 heterocycles. The maximum Gasteiger partial charge on any atom is 0.326 e. The molecule has 1 N–H and O–H groups in total. The van der Waals surface area contributed by atoms with Crippen molar-refractivity contribution in [1.82, 2.24) is 14.9 Å². The Labute approximate surface area is 140 Å². The zero-order chi connectivity index (χ0) is 17.3. The van der Waals surface area contributed by atoms with Gasteiger partial charge in [-0.1, -0.05) is 30.3 Å². The molecular weight excluding hydrogens is 306 g/mol. The summed E-state index contributed by atoms with van der Waals surface area (Å²) in [6, 6.07) is 8.65. The van der Waals surface area contributed by atoms with Crippen molar-refractivity contribution >= 4 is 11.9 Å². The number of aliphatic carboxylic acids is 1. The van der Waals surface area contributed by atoms with Crippen LogP contribution in [-0.2, 0) is 4.79 Å². The van der Waals surface area contributed by atoms with E-state index in [1.807, 2.05) is 30.3 Å². The summed E-state index contributed by atoms with van der Waals surface area (Å²) in [5, 5.41) is 9.26. The van der Waals surface area contributed by atoms with Crippen molar-refractivity contribution in [3.8, 4) is 11.4 Å². The Morgan fingerprint density at radius 1 is 1.25 bits per heavy atom. The fourth-order valence-electron chi connectivity index (χ4n) is 2.67. The number of benzene rings is 1. The van der Waals surface area contributed by atoms with Gasteiger partial charge < -0.3 is 10.0 Å². The van der Waals surface area contributed by atoms with Crippen molar-refractivity contribution in [2.45, 2.75) is 38.8 Å². The van der Waals surface area contributed by atoms with Crippen LogP contribution in [0, 0.1) is 6.92 Å². The highest BCUT2D eigenvalue weighted by Gasteiger charge is 2.39. The van der Waals surface area contributed by atoms with E-state index in [0.717, 1.165) is 18.4 Å². The monoisotopic (exact) mass is 325 g/mol. The van der Waals surface area contributed by atoms with Gasteiger partial charge in [-0.25, -0.2) is 14.8 Å². The molecule has 1 atom stereocenters. The lowest BCUT2D eigenvalue weighted by Crippen LogP contribution is -2.45. The molecule has 24 heavy (non-hydrogen) atoms. The quantitative estimate of drug-likeness (QED) is 0.913. The maximum atomic E-state index is 12.8. The number of hydrogen-bond donors (Lipinski definition) is 1. The van der Waals surface area contributed by atoms with Gasteiger partial charge in [0.25, 0.3) is 5.91 Å². The molecule has 1 fully saturated rings. The molecule has 2 aromatic rings. The van der Waals surface area contributed by atoms with Gasteiger partial charge in [-0.2, -0.15) is 0 Å². The molecule has 1 aliphatic rings. The highest BCUT2D eigenvalue weighted by Crippen LogP contribution is 2.30. The van der Waals surface area contributed by atoms with Crippen LogP contribution in [-0.4, -0.2) is 43.9 Å². The molecule has 1 aromatic carbocycles. The zero-order valence-electron chi connectivity index (χ0n) is 13.6. The minimum Gasteiger partial charge on any atom is -0.480 e. The lowest BCUT2D eigenvalue weighted by molar-refractivity contribution is -0.141. The number of aromatic nitrogens is 2. The topological polar surface area (TPSA) is 83.4 Å². The Balaban J connectivity index is 1.91. The van der Waals surface area contributed by atoms with E-state index >= 15 is 0 Å². The van der Waals surface area contributed by atoms with E-state index in [0.29, 0.717) is 17.1 Å². The molecule has 1 aromatic heterocycles. The van der Waals surface area contributed by atoms with Gasteiger partial charge >= 0.3 is 5.97 Å². The number of carboxylic acid groups (broad SMARTS) is 1. The van der Waals surface area contributed by atoms with Gasteiger partial charge in [0, 0.05) is 17.8 Å². The van der Waals surface area contributed by atoms with Crippen LogP contribution >= 0.6 is 0 Å². The second-order valence-electron chi connectivity index (χ2n) is 6.02. The van der Waals surface area contributed by atoms with E-state index in [1.165, 1.54) is 18.0 Å².